The quantitative estimate of drug-likeness (QED) is 0.447. The Kier molecular flexibility index (Phi) is 6.09. The van der Waals surface area contributed by atoms with Gasteiger partial charge in [-0.3, -0.25) is 10.1 Å². The van der Waals surface area contributed by atoms with Gasteiger partial charge in [-0.05, 0) is 79.7 Å². The maximum absolute atomic E-state index is 13.2. The zero-order chi connectivity index (χ0) is 22.7. The van der Waals surface area contributed by atoms with Crippen LogP contribution in [0.4, 0.5) is 10.1 Å². The zero-order valence-corrected chi connectivity index (χ0v) is 18.2. The van der Waals surface area contributed by atoms with E-state index in [4.69, 9.17) is 17.0 Å². The van der Waals surface area contributed by atoms with Crippen molar-refractivity contribution in [2.75, 3.05) is 11.9 Å². The van der Waals surface area contributed by atoms with Crippen LogP contribution in [-0.2, 0) is 4.79 Å². The largest absolute Gasteiger partial charge is 0.483 e. The number of nitrogens with one attached hydrogen (secondary N) is 2. The maximum Gasteiger partial charge on any atom is 0.264 e. The molecule has 0 aliphatic heterocycles. The van der Waals surface area contributed by atoms with Crippen molar-refractivity contribution in [3.05, 3.63) is 77.6 Å². The van der Waals surface area contributed by atoms with E-state index in [1.54, 1.807) is 24.3 Å². The van der Waals surface area contributed by atoms with Crippen LogP contribution in [0.1, 0.15) is 11.1 Å². The second kappa shape index (κ2) is 9.11. The van der Waals surface area contributed by atoms with E-state index in [2.05, 4.69) is 20.8 Å². The zero-order valence-electron chi connectivity index (χ0n) is 17.4. The van der Waals surface area contributed by atoms with Gasteiger partial charge in [0.05, 0.1) is 5.69 Å². The van der Waals surface area contributed by atoms with Crippen LogP contribution in [0, 0.1) is 19.7 Å². The van der Waals surface area contributed by atoms with Crippen molar-refractivity contribution in [3.8, 4) is 11.4 Å². The number of amides is 1. The Hall–Kier alpha value is -3.85. The summed E-state index contributed by atoms with van der Waals surface area (Å²) >= 11 is 5.27. The summed E-state index contributed by atoms with van der Waals surface area (Å²) in [6.07, 6.45) is 0. The average molecular weight is 450 g/mol. The summed E-state index contributed by atoms with van der Waals surface area (Å²) in [5, 5.41) is 14.7. The number of ether oxygens (including phenoxy) is 1. The fourth-order valence-electron chi connectivity index (χ4n) is 3.07. The highest BCUT2D eigenvalue weighted by Crippen LogP contribution is 2.22. The van der Waals surface area contributed by atoms with Crippen molar-refractivity contribution in [1.29, 1.82) is 0 Å². The lowest BCUT2D eigenvalue weighted by molar-refractivity contribution is -0.121. The van der Waals surface area contributed by atoms with E-state index in [9.17, 15) is 9.18 Å². The van der Waals surface area contributed by atoms with E-state index < -0.39 is 0 Å². The Morgan fingerprint density at radius 2 is 1.72 bits per heavy atom. The number of halogens is 1. The second-order valence-corrected chi connectivity index (χ2v) is 7.59. The molecule has 4 aromatic rings. The molecule has 162 valence electrons. The van der Waals surface area contributed by atoms with Crippen LogP contribution in [0.5, 0.6) is 5.75 Å². The van der Waals surface area contributed by atoms with E-state index >= 15 is 0 Å². The third-order valence-electron chi connectivity index (χ3n) is 4.74. The molecule has 32 heavy (non-hydrogen) atoms. The van der Waals surface area contributed by atoms with Crippen molar-refractivity contribution in [2.45, 2.75) is 13.8 Å². The van der Waals surface area contributed by atoms with Crippen molar-refractivity contribution in [1.82, 2.24) is 20.3 Å². The summed E-state index contributed by atoms with van der Waals surface area (Å²) in [7, 11) is 0. The van der Waals surface area contributed by atoms with Gasteiger partial charge in [-0.15, -0.1) is 10.2 Å². The number of carbonyl (C=O) groups excluding carboxylic acids is 1. The third kappa shape index (κ3) is 4.89. The molecule has 4 rings (SSSR count). The van der Waals surface area contributed by atoms with Gasteiger partial charge in [0.2, 0.25) is 0 Å². The molecule has 9 heteroatoms. The number of benzene rings is 3. The van der Waals surface area contributed by atoms with Crippen LogP contribution in [0.2, 0.25) is 0 Å². The number of hydrogen-bond donors (Lipinski definition) is 2. The minimum absolute atomic E-state index is 0.150. The van der Waals surface area contributed by atoms with Gasteiger partial charge in [0, 0.05) is 5.69 Å². The van der Waals surface area contributed by atoms with Crippen LogP contribution in [0.3, 0.4) is 0 Å². The second-order valence-electron chi connectivity index (χ2n) is 7.18. The Balaban J connectivity index is 1.42. The smallest absolute Gasteiger partial charge is 0.264 e. The minimum atomic E-state index is -0.369. The molecule has 0 bridgehead atoms. The number of thiocarbonyl (C=S) groups is 1. The highest BCUT2D eigenvalue weighted by atomic mass is 32.1. The molecule has 3 aromatic carbocycles. The third-order valence-corrected chi connectivity index (χ3v) is 4.94. The van der Waals surface area contributed by atoms with E-state index in [1.165, 1.54) is 16.9 Å². The normalized spacial score (nSPS) is 10.7. The summed E-state index contributed by atoms with van der Waals surface area (Å²) in [5.41, 5.74) is 4.45. The van der Waals surface area contributed by atoms with Crippen molar-refractivity contribution in [3.63, 3.8) is 0 Å². The number of carbonyl (C=O) groups is 1. The summed E-state index contributed by atoms with van der Waals surface area (Å²) in [6, 6.07) is 17.0. The first-order valence-electron chi connectivity index (χ1n) is 9.82. The highest BCUT2D eigenvalue weighted by Gasteiger charge is 2.12. The number of anilines is 1. The fourth-order valence-corrected chi connectivity index (χ4v) is 3.29. The number of nitrogens with zero attached hydrogens (tertiary/aromatic N) is 3. The molecular formula is C23H20FN5O2S. The summed E-state index contributed by atoms with van der Waals surface area (Å²) < 4.78 is 18.7. The number of para-hydroxylation sites is 1. The molecule has 0 aliphatic rings. The molecule has 1 heterocycles. The topological polar surface area (TPSA) is 81.1 Å². The van der Waals surface area contributed by atoms with Crippen LogP contribution < -0.4 is 15.4 Å². The minimum Gasteiger partial charge on any atom is -0.483 e. The van der Waals surface area contributed by atoms with E-state index in [-0.39, 0.29) is 23.4 Å². The molecule has 2 N–H and O–H groups in total. The van der Waals surface area contributed by atoms with Crippen LogP contribution in [0.25, 0.3) is 16.7 Å². The summed E-state index contributed by atoms with van der Waals surface area (Å²) in [5.74, 6) is -0.0496. The first-order chi connectivity index (χ1) is 15.4. The fraction of sp³-hybridized carbons (Fsp3) is 0.130. The Labute approximate surface area is 189 Å². The molecule has 0 fully saturated rings. The van der Waals surface area contributed by atoms with Gasteiger partial charge in [0.25, 0.3) is 5.91 Å². The number of fused-ring (bicyclic) bond motifs is 1. The van der Waals surface area contributed by atoms with Crippen molar-refractivity contribution >= 4 is 40.0 Å². The van der Waals surface area contributed by atoms with Crippen molar-refractivity contribution in [2.24, 2.45) is 0 Å². The average Bonchev–Trinajstić information content (AvgIpc) is 3.16. The van der Waals surface area contributed by atoms with Crippen LogP contribution in [-0.4, -0.2) is 32.6 Å². The van der Waals surface area contributed by atoms with E-state index in [0.717, 1.165) is 11.1 Å². The lowest BCUT2D eigenvalue weighted by Crippen LogP contribution is -2.37. The summed E-state index contributed by atoms with van der Waals surface area (Å²) in [4.78, 5) is 13.6. The molecule has 0 unspecified atom stereocenters. The molecule has 0 atom stereocenters. The van der Waals surface area contributed by atoms with E-state index in [1.807, 2.05) is 38.1 Å². The van der Waals surface area contributed by atoms with Gasteiger partial charge >= 0.3 is 0 Å². The monoisotopic (exact) mass is 449 g/mol. The highest BCUT2D eigenvalue weighted by molar-refractivity contribution is 7.80. The first kappa shape index (κ1) is 21.4. The number of aromatic nitrogens is 3. The molecule has 0 radical (unpaired) electrons. The molecule has 1 amide bonds. The number of aryl methyl sites for hydroxylation is 2. The molecular weight excluding hydrogens is 429 g/mol. The molecule has 0 saturated heterocycles. The van der Waals surface area contributed by atoms with Gasteiger partial charge in [0.1, 0.15) is 22.6 Å². The number of hydrogen-bond acceptors (Lipinski definition) is 5. The Morgan fingerprint density at radius 1 is 1.03 bits per heavy atom. The Morgan fingerprint density at radius 3 is 2.44 bits per heavy atom. The standard InChI is InChI=1S/C23H20FN5O2S/c1-14-5-3-4-6-21(14)31-13-22(30)26-23(32)25-18-12-20-19(11-15(18)2)27-29(28-20)17-9-7-16(24)8-10-17/h3-12H,13H2,1-2H3,(H2,25,26,30,32). The lowest BCUT2D eigenvalue weighted by atomic mass is 10.2. The predicted octanol–water partition coefficient (Wildman–Crippen LogP) is 4.07. The van der Waals surface area contributed by atoms with Gasteiger partial charge in [0.15, 0.2) is 11.7 Å². The van der Waals surface area contributed by atoms with Gasteiger partial charge in [-0.25, -0.2) is 4.39 Å². The molecule has 0 spiro atoms. The van der Waals surface area contributed by atoms with Crippen LogP contribution in [0.15, 0.2) is 60.7 Å². The molecule has 7 nitrogen and oxygen atoms in total. The molecule has 1 aromatic heterocycles. The Bertz CT molecular complexity index is 1300. The molecule has 0 aliphatic carbocycles. The van der Waals surface area contributed by atoms with Crippen LogP contribution >= 0.6 is 12.2 Å². The van der Waals surface area contributed by atoms with Crippen molar-refractivity contribution < 1.29 is 13.9 Å². The molecule has 0 saturated carbocycles. The SMILES string of the molecule is Cc1cc2nn(-c3ccc(F)cc3)nc2cc1NC(=S)NC(=O)COc1ccccc1C. The van der Waals surface area contributed by atoms with Gasteiger partial charge < -0.3 is 10.1 Å². The summed E-state index contributed by atoms with van der Waals surface area (Å²) in [6.45, 7) is 3.64. The lowest BCUT2D eigenvalue weighted by Gasteiger charge is -2.12. The predicted molar refractivity (Wildman–Crippen MR) is 125 cm³/mol. The van der Waals surface area contributed by atoms with E-state index in [0.29, 0.717) is 28.2 Å². The van der Waals surface area contributed by atoms with Gasteiger partial charge in [-0.1, -0.05) is 18.2 Å². The van der Waals surface area contributed by atoms with Gasteiger partial charge in [-0.2, -0.15) is 4.80 Å². The first-order valence-corrected chi connectivity index (χ1v) is 10.2. The number of rotatable bonds is 5. The maximum atomic E-state index is 13.2.